The maximum atomic E-state index is 12.2. The molecule has 7 heteroatoms. The molecule has 0 fully saturated rings. The van der Waals surface area contributed by atoms with Crippen molar-refractivity contribution in [2.75, 3.05) is 5.73 Å². The van der Waals surface area contributed by atoms with Gasteiger partial charge in [-0.25, -0.2) is 9.97 Å². The molecule has 18 heavy (non-hydrogen) atoms. The van der Waals surface area contributed by atoms with Gasteiger partial charge in [-0.3, -0.25) is 0 Å². The van der Waals surface area contributed by atoms with Crippen molar-refractivity contribution in [2.45, 2.75) is 19.1 Å². The highest BCUT2D eigenvalue weighted by Gasteiger charge is 2.27. The van der Waals surface area contributed by atoms with Gasteiger partial charge in [0.2, 0.25) is 0 Å². The summed E-state index contributed by atoms with van der Waals surface area (Å²) in [5.74, 6) is 0.316. The lowest BCUT2D eigenvalue weighted by Gasteiger charge is -2.10. The lowest BCUT2D eigenvalue weighted by molar-refractivity contribution is -0.136. The number of imidazole rings is 1. The number of halogens is 3. The van der Waals surface area contributed by atoms with Crippen LogP contribution in [0.25, 0.3) is 11.3 Å². The Bertz CT molecular complexity index is 533. The lowest BCUT2D eigenvalue weighted by atomic mass is 10.2. The highest BCUT2D eigenvalue weighted by Crippen LogP contribution is 2.24. The third kappa shape index (κ3) is 2.99. The van der Waals surface area contributed by atoms with Gasteiger partial charge in [-0.2, -0.15) is 13.2 Å². The molecule has 0 aliphatic carbocycles. The van der Waals surface area contributed by atoms with Crippen LogP contribution in [0.3, 0.4) is 0 Å². The molecule has 2 aromatic rings. The zero-order valence-corrected chi connectivity index (χ0v) is 9.35. The molecule has 0 spiro atoms. The summed E-state index contributed by atoms with van der Waals surface area (Å²) in [7, 11) is 0. The van der Waals surface area contributed by atoms with Crippen LogP contribution in [0.5, 0.6) is 0 Å². The van der Waals surface area contributed by atoms with Crippen molar-refractivity contribution in [1.82, 2.24) is 14.5 Å². The minimum Gasteiger partial charge on any atom is -0.384 e. The zero-order valence-electron chi connectivity index (χ0n) is 9.35. The van der Waals surface area contributed by atoms with Gasteiger partial charge in [0.25, 0.3) is 0 Å². The van der Waals surface area contributed by atoms with Crippen LogP contribution < -0.4 is 5.73 Å². The summed E-state index contributed by atoms with van der Waals surface area (Å²) in [6.45, 7) is -0.166. The molecule has 0 aromatic carbocycles. The van der Waals surface area contributed by atoms with E-state index < -0.39 is 12.6 Å². The molecular formula is C11H11F3N4. The third-order valence-electron chi connectivity index (χ3n) is 2.43. The number of nitrogen functional groups attached to an aromatic ring is 1. The van der Waals surface area contributed by atoms with Crippen LogP contribution in [0.15, 0.2) is 30.9 Å². The van der Waals surface area contributed by atoms with Crippen molar-refractivity contribution in [2.24, 2.45) is 0 Å². The van der Waals surface area contributed by atoms with Crippen molar-refractivity contribution < 1.29 is 13.2 Å². The molecule has 0 radical (unpaired) electrons. The maximum absolute atomic E-state index is 12.2. The molecule has 2 rings (SSSR count). The molecular weight excluding hydrogens is 245 g/mol. The Morgan fingerprint density at radius 2 is 2.11 bits per heavy atom. The van der Waals surface area contributed by atoms with Gasteiger partial charge in [-0.1, -0.05) is 0 Å². The number of aromatic nitrogens is 3. The van der Waals surface area contributed by atoms with Gasteiger partial charge >= 0.3 is 6.18 Å². The fourth-order valence-electron chi connectivity index (χ4n) is 1.59. The van der Waals surface area contributed by atoms with E-state index in [0.717, 1.165) is 0 Å². The molecule has 0 amide bonds. The van der Waals surface area contributed by atoms with Gasteiger partial charge < -0.3 is 10.3 Å². The predicted molar refractivity (Wildman–Crippen MR) is 60.5 cm³/mol. The molecule has 0 bridgehead atoms. The first-order valence-corrected chi connectivity index (χ1v) is 5.24. The van der Waals surface area contributed by atoms with E-state index in [1.807, 2.05) is 0 Å². The fraction of sp³-hybridized carbons (Fsp3) is 0.273. The molecule has 0 unspecified atom stereocenters. The molecule has 0 aliphatic heterocycles. The molecule has 2 N–H and O–H groups in total. The second kappa shape index (κ2) is 4.67. The van der Waals surface area contributed by atoms with Crippen LogP contribution in [-0.4, -0.2) is 20.7 Å². The molecule has 96 valence electrons. The quantitative estimate of drug-likeness (QED) is 0.917. The third-order valence-corrected chi connectivity index (χ3v) is 2.43. The number of anilines is 1. The number of rotatable bonds is 3. The van der Waals surface area contributed by atoms with Crippen LogP contribution in [0.4, 0.5) is 19.0 Å². The summed E-state index contributed by atoms with van der Waals surface area (Å²) < 4.78 is 38.0. The van der Waals surface area contributed by atoms with Crippen molar-refractivity contribution in [3.8, 4) is 11.3 Å². The van der Waals surface area contributed by atoms with Crippen LogP contribution in [0.2, 0.25) is 0 Å². The fourth-order valence-corrected chi connectivity index (χ4v) is 1.59. The number of hydrogen-bond donors (Lipinski definition) is 1. The highest BCUT2D eigenvalue weighted by molar-refractivity contribution is 5.61. The van der Waals surface area contributed by atoms with Crippen LogP contribution in [0.1, 0.15) is 6.42 Å². The number of alkyl halides is 3. The first-order valence-electron chi connectivity index (χ1n) is 5.24. The molecule has 0 saturated carbocycles. The van der Waals surface area contributed by atoms with E-state index in [2.05, 4.69) is 9.97 Å². The molecule has 2 heterocycles. The first-order chi connectivity index (χ1) is 8.46. The van der Waals surface area contributed by atoms with E-state index in [9.17, 15) is 13.2 Å². The second-order valence-corrected chi connectivity index (χ2v) is 3.81. The van der Waals surface area contributed by atoms with E-state index in [4.69, 9.17) is 5.73 Å². The van der Waals surface area contributed by atoms with E-state index in [-0.39, 0.29) is 6.54 Å². The number of nitrogens with zero attached hydrogens (tertiary/aromatic N) is 3. The zero-order chi connectivity index (χ0) is 13.2. The second-order valence-electron chi connectivity index (χ2n) is 3.81. The van der Waals surface area contributed by atoms with Gasteiger partial charge in [0, 0.05) is 18.3 Å². The lowest BCUT2D eigenvalue weighted by Crippen LogP contribution is -2.12. The predicted octanol–water partition coefficient (Wildman–Crippen LogP) is 2.48. The summed E-state index contributed by atoms with van der Waals surface area (Å²) in [6.07, 6.45) is -0.690. The van der Waals surface area contributed by atoms with Crippen LogP contribution in [-0.2, 0) is 6.54 Å². The number of hydrogen-bond acceptors (Lipinski definition) is 3. The van der Waals surface area contributed by atoms with Gasteiger partial charge in [0.15, 0.2) is 0 Å². The van der Waals surface area contributed by atoms with Crippen molar-refractivity contribution in [3.05, 3.63) is 30.9 Å². The van der Waals surface area contributed by atoms with Crippen LogP contribution >= 0.6 is 0 Å². The van der Waals surface area contributed by atoms with Crippen molar-refractivity contribution in [3.63, 3.8) is 0 Å². The Morgan fingerprint density at radius 1 is 1.33 bits per heavy atom. The molecule has 2 aromatic heterocycles. The molecule has 0 atom stereocenters. The standard InChI is InChI=1S/C11H11F3N4/c12-11(13,14)2-4-18-7-16-6-9(18)8-1-3-17-10(15)5-8/h1,3,5-7H,2,4H2,(H2,15,17). The number of aryl methyl sites for hydroxylation is 1. The minimum absolute atomic E-state index is 0.166. The van der Waals surface area contributed by atoms with E-state index in [0.29, 0.717) is 17.1 Å². The normalized spacial score (nSPS) is 11.7. The summed E-state index contributed by atoms with van der Waals surface area (Å²) in [5.41, 5.74) is 6.82. The summed E-state index contributed by atoms with van der Waals surface area (Å²) in [4.78, 5) is 7.70. The van der Waals surface area contributed by atoms with Crippen molar-refractivity contribution in [1.29, 1.82) is 0 Å². The Balaban J connectivity index is 2.23. The SMILES string of the molecule is Nc1cc(-c2cncn2CCC(F)(F)F)ccn1. The van der Waals surface area contributed by atoms with Gasteiger partial charge in [-0.05, 0) is 12.1 Å². The Labute approximate surface area is 101 Å². The Hall–Kier alpha value is -2.05. The minimum atomic E-state index is -4.18. The van der Waals surface area contributed by atoms with E-state index in [1.165, 1.54) is 23.3 Å². The average molecular weight is 256 g/mol. The summed E-state index contributed by atoms with van der Waals surface area (Å²) in [5, 5.41) is 0. The van der Waals surface area contributed by atoms with Crippen molar-refractivity contribution >= 4 is 5.82 Å². The molecule has 4 nitrogen and oxygen atoms in total. The van der Waals surface area contributed by atoms with E-state index in [1.54, 1.807) is 12.1 Å². The number of nitrogens with two attached hydrogens (primary N) is 1. The van der Waals surface area contributed by atoms with Gasteiger partial charge in [0.05, 0.1) is 24.6 Å². The average Bonchev–Trinajstić information content (AvgIpc) is 2.73. The topological polar surface area (TPSA) is 56.7 Å². The first kappa shape index (κ1) is 12.4. The monoisotopic (exact) mass is 256 g/mol. The smallest absolute Gasteiger partial charge is 0.384 e. The largest absolute Gasteiger partial charge is 0.390 e. The maximum Gasteiger partial charge on any atom is 0.390 e. The van der Waals surface area contributed by atoms with Gasteiger partial charge in [0.1, 0.15) is 5.82 Å². The van der Waals surface area contributed by atoms with Gasteiger partial charge in [-0.15, -0.1) is 0 Å². The number of pyridine rings is 1. The Kier molecular flexibility index (Phi) is 3.22. The summed E-state index contributed by atoms with van der Waals surface area (Å²) in [6, 6.07) is 3.28. The molecule has 0 saturated heterocycles. The highest BCUT2D eigenvalue weighted by atomic mass is 19.4. The summed E-state index contributed by atoms with van der Waals surface area (Å²) >= 11 is 0. The molecule has 0 aliphatic rings. The van der Waals surface area contributed by atoms with E-state index >= 15 is 0 Å². The Morgan fingerprint density at radius 3 is 2.78 bits per heavy atom. The van der Waals surface area contributed by atoms with Crippen LogP contribution in [0, 0.1) is 0 Å².